The Kier molecular flexibility index (Phi) is 5.17. The van der Waals surface area contributed by atoms with Crippen LogP contribution in [0.25, 0.3) is 16.9 Å². The normalized spacial score (nSPS) is 11.0. The molecule has 1 N–H and O–H groups in total. The number of nitrogens with zero attached hydrogens (tertiary/aromatic N) is 3. The van der Waals surface area contributed by atoms with Crippen LogP contribution in [0.3, 0.4) is 0 Å². The highest BCUT2D eigenvalue weighted by Crippen LogP contribution is 2.28. The van der Waals surface area contributed by atoms with Gasteiger partial charge >= 0.3 is 0 Å². The van der Waals surface area contributed by atoms with E-state index in [0.29, 0.717) is 30.1 Å². The quantitative estimate of drug-likeness (QED) is 0.301. The number of hydrogen-bond donors (Lipinski definition) is 1. The topological polar surface area (TPSA) is 59.7 Å². The fourth-order valence-corrected chi connectivity index (χ4v) is 3.79. The fourth-order valence-electron chi connectivity index (χ4n) is 3.79. The van der Waals surface area contributed by atoms with E-state index in [0.717, 1.165) is 28.1 Å². The Morgan fingerprint density at radius 1 is 0.677 bits per heavy atom. The summed E-state index contributed by atoms with van der Waals surface area (Å²) in [6.07, 6.45) is 3.04. The van der Waals surface area contributed by atoms with E-state index in [1.165, 1.54) is 0 Å². The highest BCUT2D eigenvalue weighted by atomic mass is 17.1. The Bertz CT molecular complexity index is 1300. The zero-order chi connectivity index (χ0) is 21.0. The van der Waals surface area contributed by atoms with E-state index >= 15 is 0 Å². The Morgan fingerprint density at radius 3 is 1.81 bits per heavy atom. The van der Waals surface area contributed by atoms with Crippen LogP contribution < -0.4 is 4.89 Å². The van der Waals surface area contributed by atoms with E-state index in [1.54, 1.807) is 4.40 Å². The van der Waals surface area contributed by atoms with Crippen molar-refractivity contribution in [3.05, 3.63) is 120 Å². The van der Waals surface area contributed by atoms with Gasteiger partial charge in [-0.25, -0.2) is 15.2 Å². The molecule has 0 saturated heterocycles. The molecule has 152 valence electrons. The van der Waals surface area contributed by atoms with Gasteiger partial charge < -0.3 is 4.89 Å². The van der Waals surface area contributed by atoms with Gasteiger partial charge in [-0.1, -0.05) is 91.0 Å². The van der Waals surface area contributed by atoms with Crippen molar-refractivity contribution in [1.29, 1.82) is 0 Å². The molecule has 0 bridgehead atoms. The third-order valence-electron chi connectivity index (χ3n) is 5.28. The van der Waals surface area contributed by atoms with Gasteiger partial charge in [0.05, 0.1) is 11.4 Å². The van der Waals surface area contributed by atoms with Gasteiger partial charge in [-0.15, -0.1) is 0 Å². The maximum atomic E-state index is 9.74. The second kappa shape index (κ2) is 8.42. The van der Waals surface area contributed by atoms with Crippen molar-refractivity contribution in [2.24, 2.45) is 0 Å². The first-order valence-electron chi connectivity index (χ1n) is 10.2. The Balaban J connectivity index is 1.68. The molecule has 5 nitrogen and oxygen atoms in total. The third kappa shape index (κ3) is 3.91. The Labute approximate surface area is 180 Å². The lowest BCUT2D eigenvalue weighted by Gasteiger charge is -2.09. The van der Waals surface area contributed by atoms with Crippen LogP contribution in [0.5, 0.6) is 5.88 Å². The molecule has 2 aromatic heterocycles. The lowest BCUT2D eigenvalue weighted by Crippen LogP contribution is -2.02. The maximum absolute atomic E-state index is 9.74. The summed E-state index contributed by atoms with van der Waals surface area (Å²) in [5, 5.41) is 9.74. The standard InChI is InChI=1S/C26H21N3O2/c30-31-26-23(17-20-12-6-2-7-13-20)28-25-22(16-19-10-4-1-5-11-19)27-24(18-29(25)26)21-14-8-3-9-15-21/h1-15,18,30H,16-17H2. The van der Waals surface area contributed by atoms with Crippen molar-refractivity contribution in [2.75, 3.05) is 0 Å². The average Bonchev–Trinajstić information content (AvgIpc) is 3.18. The van der Waals surface area contributed by atoms with Crippen LogP contribution in [0, 0.1) is 0 Å². The molecular weight excluding hydrogens is 386 g/mol. The number of benzene rings is 3. The minimum Gasteiger partial charge on any atom is -0.319 e. The zero-order valence-corrected chi connectivity index (χ0v) is 16.8. The molecule has 5 heteroatoms. The van der Waals surface area contributed by atoms with E-state index in [2.05, 4.69) is 12.1 Å². The first-order chi connectivity index (χ1) is 15.3. The van der Waals surface area contributed by atoms with Crippen LogP contribution in [0.4, 0.5) is 0 Å². The summed E-state index contributed by atoms with van der Waals surface area (Å²) in [7, 11) is 0. The van der Waals surface area contributed by atoms with Crippen LogP contribution in [0.2, 0.25) is 0 Å². The van der Waals surface area contributed by atoms with Crippen LogP contribution in [-0.2, 0) is 12.8 Å². The predicted octanol–water partition coefficient (Wildman–Crippen LogP) is 5.43. The molecule has 31 heavy (non-hydrogen) atoms. The van der Waals surface area contributed by atoms with Gasteiger partial charge in [0.1, 0.15) is 5.69 Å². The monoisotopic (exact) mass is 407 g/mol. The number of rotatable bonds is 6. The predicted molar refractivity (Wildman–Crippen MR) is 120 cm³/mol. The summed E-state index contributed by atoms with van der Waals surface area (Å²) < 4.78 is 1.80. The number of hydrogen-bond acceptors (Lipinski definition) is 4. The summed E-state index contributed by atoms with van der Waals surface area (Å²) in [4.78, 5) is 14.6. The highest BCUT2D eigenvalue weighted by Gasteiger charge is 2.20. The Morgan fingerprint density at radius 2 is 1.23 bits per heavy atom. The molecule has 0 atom stereocenters. The molecule has 3 aromatic carbocycles. The molecular formula is C26H21N3O2. The van der Waals surface area contributed by atoms with Crippen LogP contribution in [0.15, 0.2) is 97.2 Å². The lowest BCUT2D eigenvalue weighted by atomic mass is 10.1. The molecule has 0 radical (unpaired) electrons. The van der Waals surface area contributed by atoms with Crippen LogP contribution in [-0.4, -0.2) is 19.6 Å². The van der Waals surface area contributed by atoms with Gasteiger partial charge in [-0.2, -0.15) is 0 Å². The first-order valence-corrected chi connectivity index (χ1v) is 10.2. The van der Waals surface area contributed by atoms with Crippen LogP contribution in [0.1, 0.15) is 22.5 Å². The smallest absolute Gasteiger partial charge is 0.264 e. The molecule has 0 saturated carbocycles. The van der Waals surface area contributed by atoms with Crippen LogP contribution >= 0.6 is 0 Å². The molecule has 5 rings (SSSR count). The molecule has 0 unspecified atom stereocenters. The third-order valence-corrected chi connectivity index (χ3v) is 5.28. The summed E-state index contributed by atoms with van der Waals surface area (Å²) in [6.45, 7) is 0. The summed E-state index contributed by atoms with van der Waals surface area (Å²) in [5.74, 6) is 0.313. The largest absolute Gasteiger partial charge is 0.319 e. The molecule has 2 heterocycles. The van der Waals surface area contributed by atoms with Crippen molar-refractivity contribution in [2.45, 2.75) is 12.8 Å². The van der Waals surface area contributed by atoms with Gasteiger partial charge in [-0.05, 0) is 11.1 Å². The number of imidazole rings is 1. The van der Waals surface area contributed by atoms with E-state index < -0.39 is 0 Å². The SMILES string of the molecule is OOc1c(Cc2ccccc2)nc2c(Cc3ccccc3)nc(-c3ccccc3)cn12. The van der Waals surface area contributed by atoms with Gasteiger partial charge in [0, 0.05) is 24.6 Å². The zero-order valence-electron chi connectivity index (χ0n) is 16.8. The van der Waals surface area contributed by atoms with Crippen molar-refractivity contribution in [3.63, 3.8) is 0 Å². The maximum Gasteiger partial charge on any atom is 0.264 e. The van der Waals surface area contributed by atoms with Crippen molar-refractivity contribution in [3.8, 4) is 17.1 Å². The van der Waals surface area contributed by atoms with Crippen molar-refractivity contribution in [1.82, 2.24) is 14.4 Å². The van der Waals surface area contributed by atoms with E-state index in [1.807, 2.05) is 85.1 Å². The minimum atomic E-state index is 0.313. The molecule has 0 amide bonds. The molecule has 0 aliphatic rings. The van der Waals surface area contributed by atoms with Gasteiger partial charge in [-0.3, -0.25) is 4.40 Å². The minimum absolute atomic E-state index is 0.313. The molecule has 0 spiro atoms. The average molecular weight is 407 g/mol. The highest BCUT2D eigenvalue weighted by molar-refractivity contribution is 5.63. The number of fused-ring (bicyclic) bond motifs is 1. The molecule has 0 aliphatic carbocycles. The second-order valence-corrected chi connectivity index (χ2v) is 7.41. The molecule has 0 aliphatic heterocycles. The van der Waals surface area contributed by atoms with Gasteiger partial charge in [0.25, 0.3) is 5.88 Å². The second-order valence-electron chi connectivity index (χ2n) is 7.41. The number of aromatic nitrogens is 3. The van der Waals surface area contributed by atoms with E-state index in [9.17, 15) is 5.26 Å². The molecule has 5 aromatic rings. The van der Waals surface area contributed by atoms with Gasteiger partial charge in [0.2, 0.25) is 0 Å². The first kappa shape index (κ1) is 19.0. The summed E-state index contributed by atoms with van der Waals surface area (Å²) in [6, 6.07) is 30.2. The Hall–Kier alpha value is -3.96. The summed E-state index contributed by atoms with van der Waals surface area (Å²) >= 11 is 0. The lowest BCUT2D eigenvalue weighted by molar-refractivity contribution is -0.143. The molecule has 0 fully saturated rings. The van der Waals surface area contributed by atoms with Gasteiger partial charge in [0.15, 0.2) is 5.65 Å². The summed E-state index contributed by atoms with van der Waals surface area (Å²) in [5.41, 5.74) is 6.17. The van der Waals surface area contributed by atoms with Crippen molar-refractivity contribution < 1.29 is 10.1 Å². The van der Waals surface area contributed by atoms with Crippen molar-refractivity contribution >= 4 is 5.65 Å². The van der Waals surface area contributed by atoms with E-state index in [-0.39, 0.29) is 0 Å². The van der Waals surface area contributed by atoms with E-state index in [4.69, 9.17) is 14.9 Å². The fraction of sp³-hybridized carbons (Fsp3) is 0.0769.